The molecule has 3 rings (SSSR count). The molecular weight excluding hydrogens is 304 g/mol. The topological polar surface area (TPSA) is 71.3 Å². The molecule has 5 nitrogen and oxygen atoms in total. The zero-order chi connectivity index (χ0) is 17.3. The van der Waals surface area contributed by atoms with Crippen LogP contribution in [-0.4, -0.2) is 21.6 Å². The average molecular weight is 322 g/mol. The van der Waals surface area contributed by atoms with Crippen LogP contribution in [-0.2, 0) is 18.3 Å². The van der Waals surface area contributed by atoms with Crippen molar-refractivity contribution < 1.29 is 14.7 Å². The Kier molecular flexibility index (Phi) is 4.08. The number of benzene rings is 2. The second kappa shape index (κ2) is 6.20. The summed E-state index contributed by atoms with van der Waals surface area (Å²) in [6, 6.07) is 13.0. The molecule has 0 atom stereocenters. The Morgan fingerprint density at radius 1 is 1.17 bits per heavy atom. The first-order chi connectivity index (χ1) is 11.5. The fourth-order valence-corrected chi connectivity index (χ4v) is 2.86. The SMILES string of the molecule is Cc1cc(CC(=O)O)ccc1NC(=O)c1cn(C)c2ccccc12. The molecule has 0 aliphatic heterocycles. The highest BCUT2D eigenvalue weighted by molar-refractivity contribution is 6.13. The number of aliphatic carboxylic acids is 1. The van der Waals surface area contributed by atoms with Crippen molar-refractivity contribution in [3.8, 4) is 0 Å². The quantitative estimate of drug-likeness (QED) is 0.773. The molecule has 0 spiro atoms. The molecule has 0 saturated heterocycles. The first-order valence-electron chi connectivity index (χ1n) is 7.62. The van der Waals surface area contributed by atoms with E-state index in [4.69, 9.17) is 5.11 Å². The second-order valence-corrected chi connectivity index (χ2v) is 5.84. The minimum atomic E-state index is -0.873. The van der Waals surface area contributed by atoms with Gasteiger partial charge in [-0.25, -0.2) is 0 Å². The van der Waals surface area contributed by atoms with Crippen molar-refractivity contribution in [2.45, 2.75) is 13.3 Å². The number of hydrogen-bond donors (Lipinski definition) is 2. The summed E-state index contributed by atoms with van der Waals surface area (Å²) in [5.74, 6) is -1.05. The molecule has 0 radical (unpaired) electrons. The second-order valence-electron chi connectivity index (χ2n) is 5.84. The highest BCUT2D eigenvalue weighted by atomic mass is 16.4. The van der Waals surface area contributed by atoms with E-state index < -0.39 is 5.97 Å². The van der Waals surface area contributed by atoms with E-state index in [0.717, 1.165) is 16.5 Å². The molecule has 0 unspecified atom stereocenters. The van der Waals surface area contributed by atoms with E-state index in [9.17, 15) is 9.59 Å². The van der Waals surface area contributed by atoms with Crippen LogP contribution in [0.4, 0.5) is 5.69 Å². The van der Waals surface area contributed by atoms with E-state index in [1.807, 2.05) is 49.0 Å². The van der Waals surface area contributed by atoms with Crippen molar-refractivity contribution in [1.29, 1.82) is 0 Å². The zero-order valence-electron chi connectivity index (χ0n) is 13.5. The van der Waals surface area contributed by atoms with Gasteiger partial charge >= 0.3 is 5.97 Å². The molecule has 1 aromatic heterocycles. The lowest BCUT2D eigenvalue weighted by Gasteiger charge is -2.09. The summed E-state index contributed by atoms with van der Waals surface area (Å²) in [6.45, 7) is 1.85. The summed E-state index contributed by atoms with van der Waals surface area (Å²) in [4.78, 5) is 23.4. The Hall–Kier alpha value is -3.08. The van der Waals surface area contributed by atoms with Gasteiger partial charge in [-0.3, -0.25) is 9.59 Å². The number of nitrogens with one attached hydrogen (secondary N) is 1. The molecule has 24 heavy (non-hydrogen) atoms. The number of fused-ring (bicyclic) bond motifs is 1. The number of aryl methyl sites for hydroxylation is 2. The number of nitrogens with zero attached hydrogens (tertiary/aromatic N) is 1. The van der Waals surface area contributed by atoms with Gasteiger partial charge in [0.05, 0.1) is 12.0 Å². The number of para-hydroxylation sites is 1. The van der Waals surface area contributed by atoms with Crippen LogP contribution in [0.3, 0.4) is 0 Å². The third-order valence-corrected chi connectivity index (χ3v) is 4.04. The van der Waals surface area contributed by atoms with Gasteiger partial charge in [-0.15, -0.1) is 0 Å². The summed E-state index contributed by atoms with van der Waals surface area (Å²) < 4.78 is 1.92. The van der Waals surface area contributed by atoms with Gasteiger partial charge in [0.2, 0.25) is 0 Å². The molecule has 5 heteroatoms. The van der Waals surface area contributed by atoms with Crippen LogP contribution in [0.5, 0.6) is 0 Å². The number of carbonyl (C=O) groups is 2. The van der Waals surface area contributed by atoms with Crippen LogP contribution < -0.4 is 5.32 Å². The predicted octanol–water partition coefficient (Wildman–Crippen LogP) is 3.37. The summed E-state index contributed by atoms with van der Waals surface area (Å²) in [5.41, 5.74) is 3.84. The van der Waals surface area contributed by atoms with Crippen molar-refractivity contribution in [1.82, 2.24) is 4.57 Å². The van der Waals surface area contributed by atoms with Gasteiger partial charge in [0.25, 0.3) is 5.91 Å². The van der Waals surface area contributed by atoms with Crippen molar-refractivity contribution in [3.05, 3.63) is 65.4 Å². The fourth-order valence-electron chi connectivity index (χ4n) is 2.86. The van der Waals surface area contributed by atoms with Crippen LogP contribution in [0.25, 0.3) is 10.9 Å². The van der Waals surface area contributed by atoms with Crippen LogP contribution in [0.2, 0.25) is 0 Å². The average Bonchev–Trinajstić information content (AvgIpc) is 2.87. The molecule has 1 amide bonds. The Morgan fingerprint density at radius 3 is 2.62 bits per heavy atom. The van der Waals surface area contributed by atoms with Crippen molar-refractivity contribution in [3.63, 3.8) is 0 Å². The molecule has 0 aliphatic carbocycles. The van der Waals surface area contributed by atoms with E-state index in [1.165, 1.54) is 0 Å². The number of carboxylic acids is 1. The van der Waals surface area contributed by atoms with Gasteiger partial charge in [-0.1, -0.05) is 30.3 Å². The third-order valence-electron chi connectivity index (χ3n) is 4.04. The molecule has 2 aromatic carbocycles. The highest BCUT2D eigenvalue weighted by Crippen LogP contribution is 2.23. The monoisotopic (exact) mass is 322 g/mol. The van der Waals surface area contributed by atoms with E-state index in [2.05, 4.69) is 5.32 Å². The number of anilines is 1. The van der Waals surface area contributed by atoms with Crippen LogP contribution in [0.15, 0.2) is 48.7 Å². The molecule has 122 valence electrons. The van der Waals surface area contributed by atoms with Crippen LogP contribution in [0, 0.1) is 6.92 Å². The summed E-state index contributed by atoms with van der Waals surface area (Å²) in [7, 11) is 1.91. The normalized spacial score (nSPS) is 10.8. The minimum Gasteiger partial charge on any atom is -0.481 e. The van der Waals surface area contributed by atoms with Crippen LogP contribution in [0.1, 0.15) is 21.5 Å². The molecule has 2 N–H and O–H groups in total. The van der Waals surface area contributed by atoms with Crippen molar-refractivity contribution >= 4 is 28.5 Å². The summed E-state index contributed by atoms with van der Waals surface area (Å²) >= 11 is 0. The Morgan fingerprint density at radius 2 is 1.92 bits per heavy atom. The number of aromatic nitrogens is 1. The smallest absolute Gasteiger partial charge is 0.307 e. The maximum absolute atomic E-state index is 12.6. The fraction of sp³-hybridized carbons (Fsp3) is 0.158. The summed E-state index contributed by atoms with van der Waals surface area (Å²) in [5, 5.41) is 12.7. The van der Waals surface area contributed by atoms with Gasteiger partial charge in [0.1, 0.15) is 0 Å². The van der Waals surface area contributed by atoms with Crippen LogP contribution >= 0.6 is 0 Å². The maximum Gasteiger partial charge on any atom is 0.307 e. The Balaban J connectivity index is 1.88. The standard InChI is InChI=1S/C19H18N2O3/c1-12-9-13(10-18(22)23)7-8-16(12)20-19(24)15-11-21(2)17-6-4-3-5-14(15)17/h3-9,11H,10H2,1-2H3,(H,20,24)(H,22,23). The third kappa shape index (κ3) is 3.01. The predicted molar refractivity (Wildman–Crippen MR) is 93.4 cm³/mol. The molecule has 0 aliphatic rings. The lowest BCUT2D eigenvalue weighted by molar-refractivity contribution is -0.136. The van der Waals surface area contributed by atoms with Gasteiger partial charge in [0.15, 0.2) is 0 Å². The van der Waals surface area contributed by atoms with E-state index >= 15 is 0 Å². The lowest BCUT2D eigenvalue weighted by atomic mass is 10.1. The van der Waals surface area contributed by atoms with E-state index in [1.54, 1.807) is 18.2 Å². The van der Waals surface area contributed by atoms with Gasteiger partial charge < -0.3 is 15.0 Å². The molecule has 0 bridgehead atoms. The zero-order valence-corrected chi connectivity index (χ0v) is 13.5. The Labute approximate surface area is 139 Å². The van der Waals surface area contributed by atoms with Crippen molar-refractivity contribution in [2.24, 2.45) is 7.05 Å². The highest BCUT2D eigenvalue weighted by Gasteiger charge is 2.14. The number of carbonyl (C=O) groups excluding carboxylic acids is 1. The Bertz CT molecular complexity index is 941. The molecular formula is C19H18N2O3. The van der Waals surface area contributed by atoms with Gasteiger partial charge in [-0.05, 0) is 30.2 Å². The largest absolute Gasteiger partial charge is 0.481 e. The number of amides is 1. The first-order valence-corrected chi connectivity index (χ1v) is 7.62. The lowest BCUT2D eigenvalue weighted by Crippen LogP contribution is -2.12. The molecule has 0 saturated carbocycles. The van der Waals surface area contributed by atoms with Gasteiger partial charge in [0, 0.05) is 29.8 Å². The molecule has 3 aromatic rings. The molecule has 1 heterocycles. The number of hydrogen-bond acceptors (Lipinski definition) is 2. The first kappa shape index (κ1) is 15.8. The summed E-state index contributed by atoms with van der Waals surface area (Å²) in [6.07, 6.45) is 1.78. The van der Waals surface area contributed by atoms with Crippen molar-refractivity contribution in [2.75, 3.05) is 5.32 Å². The number of carboxylic acid groups (broad SMARTS) is 1. The molecule has 0 fully saturated rings. The maximum atomic E-state index is 12.6. The van der Waals surface area contributed by atoms with Gasteiger partial charge in [-0.2, -0.15) is 0 Å². The van der Waals surface area contributed by atoms with E-state index in [-0.39, 0.29) is 12.3 Å². The van der Waals surface area contributed by atoms with E-state index in [0.29, 0.717) is 16.8 Å². The minimum absolute atomic E-state index is 0.0294. The number of rotatable bonds is 4.